The van der Waals surface area contributed by atoms with Gasteiger partial charge in [0.15, 0.2) is 11.4 Å². The monoisotopic (exact) mass is 336 g/mol. The molecule has 0 bridgehead atoms. The summed E-state index contributed by atoms with van der Waals surface area (Å²) in [5.41, 5.74) is 2.40. The second kappa shape index (κ2) is 6.57. The topological polar surface area (TPSA) is 64.6 Å². The Morgan fingerprint density at radius 2 is 2.12 bits per heavy atom. The summed E-state index contributed by atoms with van der Waals surface area (Å²) in [7, 11) is 1.93. The molecule has 0 aliphatic heterocycles. The molecule has 25 heavy (non-hydrogen) atoms. The Morgan fingerprint density at radius 3 is 2.92 bits per heavy atom. The van der Waals surface area contributed by atoms with Crippen molar-refractivity contribution < 1.29 is 9.15 Å². The van der Waals surface area contributed by atoms with Crippen LogP contribution in [0.4, 0.5) is 0 Å². The molecule has 6 heteroatoms. The minimum absolute atomic E-state index is 0.301. The number of nitrogens with zero attached hydrogens (tertiary/aromatic N) is 3. The summed E-state index contributed by atoms with van der Waals surface area (Å²) in [5, 5.41) is 8.84. The zero-order valence-corrected chi connectivity index (χ0v) is 14.3. The lowest BCUT2D eigenvalue weighted by Gasteiger charge is -2.14. The van der Waals surface area contributed by atoms with Crippen LogP contribution in [-0.2, 0) is 0 Å². The van der Waals surface area contributed by atoms with Crippen LogP contribution < -0.4 is 10.1 Å². The van der Waals surface area contributed by atoms with E-state index in [1.54, 1.807) is 10.7 Å². The van der Waals surface area contributed by atoms with Crippen LogP contribution >= 0.6 is 0 Å². The largest absolute Gasteiger partial charge is 0.475 e. The van der Waals surface area contributed by atoms with Crippen molar-refractivity contribution in [1.82, 2.24) is 19.9 Å². The highest BCUT2D eigenvalue weighted by molar-refractivity contribution is 5.82. The number of ether oxygens (including phenoxy) is 1. The molecule has 3 heterocycles. The number of nitrogens with one attached hydrogen (secondary N) is 1. The quantitative estimate of drug-likeness (QED) is 0.584. The molecule has 0 radical (unpaired) electrons. The number of benzene rings is 1. The Kier molecular flexibility index (Phi) is 4.11. The molecular weight excluding hydrogens is 316 g/mol. The summed E-state index contributed by atoms with van der Waals surface area (Å²) in [6.07, 6.45) is 2.76. The Bertz CT molecular complexity index is 968. The highest BCUT2D eigenvalue weighted by Crippen LogP contribution is 2.28. The first kappa shape index (κ1) is 15.7. The van der Waals surface area contributed by atoms with Gasteiger partial charge in [-0.05, 0) is 31.7 Å². The summed E-state index contributed by atoms with van der Waals surface area (Å²) in [6.45, 7) is 2.69. The normalized spacial score (nSPS) is 12.7. The first-order chi connectivity index (χ1) is 12.3. The predicted molar refractivity (Wildman–Crippen MR) is 96.8 cm³/mol. The first-order valence-corrected chi connectivity index (χ1v) is 8.42. The molecule has 4 rings (SSSR count). The molecule has 0 aliphatic carbocycles. The van der Waals surface area contributed by atoms with E-state index in [1.807, 2.05) is 49.5 Å². The van der Waals surface area contributed by atoms with Gasteiger partial charge in [0.25, 0.3) is 0 Å². The summed E-state index contributed by atoms with van der Waals surface area (Å²) in [4.78, 5) is 4.41. The average Bonchev–Trinajstić information content (AvgIpc) is 3.25. The number of hydrogen-bond acceptors (Lipinski definition) is 5. The van der Waals surface area contributed by atoms with Crippen LogP contribution in [0, 0.1) is 0 Å². The summed E-state index contributed by atoms with van der Waals surface area (Å²) >= 11 is 0. The van der Waals surface area contributed by atoms with Crippen LogP contribution in [0.15, 0.2) is 53.1 Å². The van der Waals surface area contributed by atoms with Gasteiger partial charge in [-0.3, -0.25) is 0 Å². The second-order valence-electron chi connectivity index (χ2n) is 5.94. The van der Waals surface area contributed by atoms with Crippen LogP contribution in [-0.4, -0.2) is 34.3 Å². The third-order valence-corrected chi connectivity index (χ3v) is 4.35. The Hall–Kier alpha value is -2.86. The Morgan fingerprint density at radius 1 is 1.24 bits per heavy atom. The molecule has 1 atom stereocenters. The fourth-order valence-corrected chi connectivity index (χ4v) is 2.80. The van der Waals surface area contributed by atoms with Crippen molar-refractivity contribution in [2.24, 2.45) is 0 Å². The maximum absolute atomic E-state index is 5.94. The van der Waals surface area contributed by atoms with Crippen molar-refractivity contribution in [3.05, 3.63) is 48.7 Å². The van der Waals surface area contributed by atoms with E-state index in [0.29, 0.717) is 18.5 Å². The molecule has 1 aromatic carbocycles. The van der Waals surface area contributed by atoms with Gasteiger partial charge in [0.05, 0.1) is 6.20 Å². The molecule has 0 fully saturated rings. The van der Waals surface area contributed by atoms with E-state index in [4.69, 9.17) is 9.15 Å². The van der Waals surface area contributed by atoms with Crippen molar-refractivity contribution in [1.29, 1.82) is 0 Å². The fourth-order valence-electron chi connectivity index (χ4n) is 2.80. The highest BCUT2D eigenvalue weighted by Gasteiger charge is 2.13. The maximum Gasteiger partial charge on any atom is 0.231 e. The minimum Gasteiger partial charge on any atom is -0.475 e. The molecule has 3 aromatic heterocycles. The van der Waals surface area contributed by atoms with Crippen molar-refractivity contribution >= 4 is 16.6 Å². The number of para-hydroxylation sites is 1. The molecule has 128 valence electrons. The molecule has 4 aromatic rings. The Labute approximate surface area is 145 Å². The molecule has 6 nitrogen and oxygen atoms in total. The van der Waals surface area contributed by atoms with Crippen molar-refractivity contribution in [2.45, 2.75) is 19.4 Å². The van der Waals surface area contributed by atoms with E-state index in [1.165, 1.54) is 0 Å². The van der Waals surface area contributed by atoms with Crippen molar-refractivity contribution in [2.75, 3.05) is 13.7 Å². The van der Waals surface area contributed by atoms with Gasteiger partial charge >= 0.3 is 0 Å². The van der Waals surface area contributed by atoms with Gasteiger partial charge in [-0.15, -0.1) is 5.10 Å². The maximum atomic E-state index is 5.94. The van der Waals surface area contributed by atoms with Crippen molar-refractivity contribution in [3.63, 3.8) is 0 Å². The van der Waals surface area contributed by atoms with Gasteiger partial charge in [0, 0.05) is 17.5 Å². The lowest BCUT2D eigenvalue weighted by atomic mass is 10.2. The molecule has 1 N–H and O–H groups in total. The van der Waals surface area contributed by atoms with Crippen LogP contribution in [0.1, 0.15) is 13.3 Å². The lowest BCUT2D eigenvalue weighted by molar-refractivity contribution is 0.255. The summed E-state index contributed by atoms with van der Waals surface area (Å²) in [5.74, 6) is 1.30. The molecule has 0 amide bonds. The summed E-state index contributed by atoms with van der Waals surface area (Å²) < 4.78 is 13.5. The molecule has 0 saturated carbocycles. The van der Waals surface area contributed by atoms with E-state index >= 15 is 0 Å². The van der Waals surface area contributed by atoms with E-state index < -0.39 is 0 Å². The zero-order chi connectivity index (χ0) is 17.2. The van der Waals surface area contributed by atoms with Crippen LogP contribution in [0.2, 0.25) is 0 Å². The molecule has 0 saturated heterocycles. The van der Waals surface area contributed by atoms with Gasteiger partial charge in [-0.25, -0.2) is 9.50 Å². The van der Waals surface area contributed by atoms with E-state index in [9.17, 15) is 0 Å². The third kappa shape index (κ3) is 2.96. The van der Waals surface area contributed by atoms with Gasteiger partial charge in [-0.1, -0.05) is 25.1 Å². The molecule has 1 unspecified atom stereocenters. The van der Waals surface area contributed by atoms with E-state index in [2.05, 4.69) is 22.3 Å². The van der Waals surface area contributed by atoms with Gasteiger partial charge in [0.2, 0.25) is 5.88 Å². The standard InChI is InChI=1S/C19H20N4O2/c1-3-14(20-2)12-24-19-9-8-18-21-11-15(23(18)22-19)17-10-13-6-4-5-7-16(13)25-17/h4-11,14,20H,3,12H2,1-2H3. The smallest absolute Gasteiger partial charge is 0.231 e. The van der Waals surface area contributed by atoms with Crippen LogP contribution in [0.5, 0.6) is 5.88 Å². The molecule has 0 aliphatic rings. The third-order valence-electron chi connectivity index (χ3n) is 4.35. The number of imidazole rings is 1. The molecular formula is C19H20N4O2. The average molecular weight is 336 g/mol. The number of rotatable bonds is 6. The lowest BCUT2D eigenvalue weighted by Crippen LogP contribution is -2.31. The first-order valence-electron chi connectivity index (χ1n) is 8.42. The fraction of sp³-hybridized carbons (Fsp3) is 0.263. The van der Waals surface area contributed by atoms with Crippen molar-refractivity contribution in [3.8, 4) is 17.3 Å². The van der Waals surface area contributed by atoms with Gasteiger partial charge in [0.1, 0.15) is 17.9 Å². The van der Waals surface area contributed by atoms with Gasteiger partial charge in [-0.2, -0.15) is 0 Å². The number of fused-ring (bicyclic) bond motifs is 2. The van der Waals surface area contributed by atoms with Crippen LogP contribution in [0.3, 0.4) is 0 Å². The number of aromatic nitrogens is 3. The second-order valence-corrected chi connectivity index (χ2v) is 5.94. The predicted octanol–water partition coefficient (Wildman–Crippen LogP) is 3.52. The van der Waals surface area contributed by atoms with Crippen LogP contribution in [0.25, 0.3) is 28.1 Å². The van der Waals surface area contributed by atoms with E-state index in [-0.39, 0.29) is 0 Å². The Balaban J connectivity index is 1.68. The SMILES string of the molecule is CCC(COc1ccc2ncc(-c3cc4ccccc4o3)n2n1)NC. The number of furan rings is 1. The van der Waals surface area contributed by atoms with Gasteiger partial charge < -0.3 is 14.5 Å². The minimum atomic E-state index is 0.301. The summed E-state index contributed by atoms with van der Waals surface area (Å²) in [6, 6.07) is 14.0. The number of likely N-dealkylation sites (N-methyl/N-ethyl adjacent to an activating group) is 1. The highest BCUT2D eigenvalue weighted by atomic mass is 16.5. The number of hydrogen-bond donors (Lipinski definition) is 1. The zero-order valence-electron chi connectivity index (χ0n) is 14.3. The molecule has 0 spiro atoms. The van der Waals surface area contributed by atoms with E-state index in [0.717, 1.165) is 34.5 Å².